The Labute approximate surface area is 149 Å². The minimum absolute atomic E-state index is 0.534. The fourth-order valence-corrected chi connectivity index (χ4v) is 2.70. The first kappa shape index (κ1) is 16.9. The third kappa shape index (κ3) is 4.33. The maximum Gasteiger partial charge on any atom is 0.232 e. The number of nitrogens with zero attached hydrogens (tertiary/aromatic N) is 4. The maximum atomic E-state index is 5.46. The first-order chi connectivity index (χ1) is 11.8. The molecular formula is C16H20BrN5O2. The van der Waals surface area contributed by atoms with E-state index in [0.29, 0.717) is 25.0 Å². The lowest BCUT2D eigenvalue weighted by atomic mass is 10.2. The quantitative estimate of drug-likeness (QED) is 0.807. The zero-order valence-corrected chi connectivity index (χ0v) is 15.1. The number of rotatable bonds is 6. The van der Waals surface area contributed by atoms with Gasteiger partial charge in [-0.2, -0.15) is 4.98 Å². The molecule has 3 heterocycles. The van der Waals surface area contributed by atoms with E-state index in [4.69, 9.17) is 9.47 Å². The van der Waals surface area contributed by atoms with Crippen LogP contribution in [0.1, 0.15) is 12.5 Å². The molecule has 0 atom stereocenters. The summed E-state index contributed by atoms with van der Waals surface area (Å²) < 4.78 is 11.6. The van der Waals surface area contributed by atoms with Gasteiger partial charge >= 0.3 is 0 Å². The molecule has 1 saturated heterocycles. The van der Waals surface area contributed by atoms with Crippen LogP contribution in [0.5, 0.6) is 5.88 Å². The van der Waals surface area contributed by atoms with E-state index in [9.17, 15) is 0 Å². The second kappa shape index (κ2) is 8.25. The molecule has 0 bridgehead atoms. The summed E-state index contributed by atoms with van der Waals surface area (Å²) in [5.41, 5.74) is 1.12. The molecule has 0 radical (unpaired) electrons. The van der Waals surface area contributed by atoms with Gasteiger partial charge in [-0.1, -0.05) is 0 Å². The van der Waals surface area contributed by atoms with Crippen LogP contribution in [0.4, 0.5) is 11.8 Å². The number of hydrogen-bond acceptors (Lipinski definition) is 7. The number of morpholine rings is 1. The van der Waals surface area contributed by atoms with Gasteiger partial charge in [0.15, 0.2) is 0 Å². The molecule has 2 aromatic rings. The van der Waals surface area contributed by atoms with Crippen molar-refractivity contribution in [1.82, 2.24) is 15.0 Å². The van der Waals surface area contributed by atoms with Crippen LogP contribution in [0.2, 0.25) is 0 Å². The van der Waals surface area contributed by atoms with Gasteiger partial charge in [-0.3, -0.25) is 0 Å². The van der Waals surface area contributed by atoms with Crippen LogP contribution in [0.3, 0.4) is 0 Å². The Kier molecular flexibility index (Phi) is 5.81. The topological polar surface area (TPSA) is 72.4 Å². The smallest absolute Gasteiger partial charge is 0.232 e. The van der Waals surface area contributed by atoms with Gasteiger partial charge in [0.1, 0.15) is 5.82 Å². The van der Waals surface area contributed by atoms with Gasteiger partial charge in [0.05, 0.1) is 30.5 Å². The fourth-order valence-electron chi connectivity index (χ4n) is 2.39. The van der Waals surface area contributed by atoms with Gasteiger partial charge in [-0.05, 0) is 40.5 Å². The van der Waals surface area contributed by atoms with Crippen molar-refractivity contribution in [3.8, 4) is 5.88 Å². The molecule has 0 amide bonds. The van der Waals surface area contributed by atoms with E-state index >= 15 is 0 Å². The number of aromatic nitrogens is 3. The summed E-state index contributed by atoms with van der Waals surface area (Å²) in [6, 6.07) is 4.07. The van der Waals surface area contributed by atoms with Crippen LogP contribution in [0.15, 0.2) is 29.0 Å². The average Bonchev–Trinajstić information content (AvgIpc) is 2.63. The Balaban J connectivity index is 1.65. The Morgan fingerprint density at radius 2 is 2.17 bits per heavy atom. The van der Waals surface area contributed by atoms with Crippen molar-refractivity contribution in [2.75, 3.05) is 43.1 Å². The molecule has 7 nitrogen and oxygen atoms in total. The molecule has 3 rings (SSSR count). The van der Waals surface area contributed by atoms with Gasteiger partial charge in [0.2, 0.25) is 11.8 Å². The van der Waals surface area contributed by atoms with Crippen molar-refractivity contribution < 1.29 is 9.47 Å². The number of anilines is 2. The van der Waals surface area contributed by atoms with Crippen LogP contribution in [0, 0.1) is 0 Å². The SMILES string of the molecule is CCOc1nc(NCc2ccnc(N3CCOCC3)c2)ncc1Br. The van der Waals surface area contributed by atoms with E-state index in [1.54, 1.807) is 6.20 Å². The zero-order valence-electron chi connectivity index (χ0n) is 13.5. The lowest BCUT2D eigenvalue weighted by Crippen LogP contribution is -2.36. The van der Waals surface area contributed by atoms with Crippen molar-refractivity contribution in [1.29, 1.82) is 0 Å². The summed E-state index contributed by atoms with van der Waals surface area (Å²) in [5, 5.41) is 3.22. The van der Waals surface area contributed by atoms with Gasteiger partial charge < -0.3 is 19.7 Å². The Morgan fingerprint density at radius 3 is 2.96 bits per heavy atom. The van der Waals surface area contributed by atoms with Crippen LogP contribution >= 0.6 is 15.9 Å². The standard InChI is InChI=1S/C16H20BrN5O2/c1-2-24-15-13(17)11-20-16(21-15)19-10-12-3-4-18-14(9-12)22-5-7-23-8-6-22/h3-4,9,11H,2,5-8,10H2,1H3,(H,19,20,21). The van der Waals surface area contributed by atoms with E-state index in [0.717, 1.165) is 42.2 Å². The molecule has 1 aliphatic rings. The highest BCUT2D eigenvalue weighted by molar-refractivity contribution is 9.10. The van der Waals surface area contributed by atoms with E-state index in [1.807, 2.05) is 19.2 Å². The van der Waals surface area contributed by atoms with Crippen LogP contribution in [0.25, 0.3) is 0 Å². The van der Waals surface area contributed by atoms with Crippen molar-refractivity contribution >= 4 is 27.7 Å². The van der Waals surface area contributed by atoms with Crippen LogP contribution < -0.4 is 15.0 Å². The highest BCUT2D eigenvalue weighted by Gasteiger charge is 2.12. The Morgan fingerprint density at radius 1 is 1.33 bits per heavy atom. The van der Waals surface area contributed by atoms with E-state index < -0.39 is 0 Å². The zero-order chi connectivity index (χ0) is 16.8. The summed E-state index contributed by atoms with van der Waals surface area (Å²) in [4.78, 5) is 15.3. The summed E-state index contributed by atoms with van der Waals surface area (Å²) in [7, 11) is 0. The summed E-state index contributed by atoms with van der Waals surface area (Å²) >= 11 is 3.38. The van der Waals surface area contributed by atoms with E-state index in [2.05, 4.69) is 47.2 Å². The first-order valence-corrected chi connectivity index (χ1v) is 8.72. The molecule has 128 valence electrons. The lowest BCUT2D eigenvalue weighted by Gasteiger charge is -2.28. The number of hydrogen-bond donors (Lipinski definition) is 1. The molecule has 1 fully saturated rings. The minimum atomic E-state index is 0.534. The molecule has 2 aromatic heterocycles. The number of pyridine rings is 1. The summed E-state index contributed by atoms with van der Waals surface area (Å²) in [6.07, 6.45) is 3.52. The van der Waals surface area contributed by atoms with Crippen molar-refractivity contribution in [2.45, 2.75) is 13.5 Å². The molecule has 0 aromatic carbocycles. The molecule has 24 heavy (non-hydrogen) atoms. The molecule has 0 spiro atoms. The van der Waals surface area contributed by atoms with E-state index in [1.165, 1.54) is 0 Å². The Bertz CT molecular complexity index is 679. The van der Waals surface area contributed by atoms with Gasteiger partial charge in [-0.15, -0.1) is 0 Å². The number of halogens is 1. The van der Waals surface area contributed by atoms with Gasteiger partial charge in [0, 0.05) is 25.8 Å². The monoisotopic (exact) mass is 393 g/mol. The molecule has 1 aliphatic heterocycles. The Hall–Kier alpha value is -1.93. The third-order valence-corrected chi connectivity index (χ3v) is 4.13. The van der Waals surface area contributed by atoms with Crippen molar-refractivity contribution in [2.24, 2.45) is 0 Å². The molecule has 0 unspecified atom stereocenters. The van der Waals surface area contributed by atoms with Crippen LogP contribution in [-0.4, -0.2) is 47.9 Å². The largest absolute Gasteiger partial charge is 0.477 e. The highest BCUT2D eigenvalue weighted by atomic mass is 79.9. The summed E-state index contributed by atoms with van der Waals surface area (Å²) in [5.74, 6) is 2.05. The van der Waals surface area contributed by atoms with E-state index in [-0.39, 0.29) is 0 Å². The second-order valence-corrected chi connectivity index (χ2v) is 6.11. The van der Waals surface area contributed by atoms with Crippen LogP contribution in [-0.2, 0) is 11.3 Å². The molecular weight excluding hydrogens is 374 g/mol. The van der Waals surface area contributed by atoms with Crippen molar-refractivity contribution in [3.63, 3.8) is 0 Å². The fraction of sp³-hybridized carbons (Fsp3) is 0.438. The highest BCUT2D eigenvalue weighted by Crippen LogP contribution is 2.22. The van der Waals surface area contributed by atoms with Gasteiger partial charge in [0.25, 0.3) is 0 Å². The molecule has 8 heteroatoms. The minimum Gasteiger partial charge on any atom is -0.477 e. The van der Waals surface area contributed by atoms with Gasteiger partial charge in [-0.25, -0.2) is 9.97 Å². The number of ether oxygens (including phenoxy) is 2. The second-order valence-electron chi connectivity index (χ2n) is 5.25. The predicted octanol–water partition coefficient (Wildman–Crippen LogP) is 2.48. The third-order valence-electron chi connectivity index (χ3n) is 3.59. The average molecular weight is 394 g/mol. The molecule has 0 saturated carbocycles. The predicted molar refractivity (Wildman–Crippen MR) is 95.5 cm³/mol. The summed E-state index contributed by atoms with van der Waals surface area (Å²) in [6.45, 7) is 6.34. The number of nitrogens with one attached hydrogen (secondary N) is 1. The first-order valence-electron chi connectivity index (χ1n) is 7.93. The lowest BCUT2D eigenvalue weighted by molar-refractivity contribution is 0.122. The normalized spacial score (nSPS) is 14.5. The molecule has 0 aliphatic carbocycles. The maximum absolute atomic E-state index is 5.46. The van der Waals surface area contributed by atoms with Crippen molar-refractivity contribution in [3.05, 3.63) is 34.6 Å². The molecule has 1 N–H and O–H groups in total.